The normalized spacial score (nSPS) is 11.2. The van der Waals surface area contributed by atoms with E-state index in [0.29, 0.717) is 28.2 Å². The Morgan fingerprint density at radius 3 is 2.47 bits per heavy atom. The van der Waals surface area contributed by atoms with Gasteiger partial charge in [0.1, 0.15) is 34.4 Å². The van der Waals surface area contributed by atoms with Gasteiger partial charge in [0.15, 0.2) is 0 Å². The maximum Gasteiger partial charge on any atom is 0.265 e. The number of aromatic nitrogens is 4. The first kappa shape index (κ1) is 21.6. The Balaban J connectivity index is 1.53. The van der Waals surface area contributed by atoms with Gasteiger partial charge in [0.2, 0.25) is 0 Å². The highest BCUT2D eigenvalue weighted by Gasteiger charge is 2.20. The molecule has 0 saturated carbocycles. The van der Waals surface area contributed by atoms with E-state index in [9.17, 15) is 8.42 Å². The Hall–Kier alpha value is -3.63. The summed E-state index contributed by atoms with van der Waals surface area (Å²) >= 11 is 5.96. The van der Waals surface area contributed by atoms with E-state index in [1.807, 2.05) is 0 Å². The standard InChI is InChI=1S/C21H19ClN6O3S/c1-14-24-20(12-21(25-14)28-10-9-23-13-28)26-16-4-6-17(7-5-16)27-32(29,30)19-11-15(22)3-8-18(19)31-2/h3-13,27H,1-2H3,(H,24,25,26). The maximum atomic E-state index is 12.8. The van der Waals surface area contributed by atoms with Gasteiger partial charge in [-0.25, -0.2) is 23.4 Å². The third-order valence-electron chi connectivity index (χ3n) is 4.42. The van der Waals surface area contributed by atoms with Crippen molar-refractivity contribution in [3.63, 3.8) is 0 Å². The summed E-state index contributed by atoms with van der Waals surface area (Å²) in [5.74, 6) is 2.07. The van der Waals surface area contributed by atoms with Gasteiger partial charge in [-0.1, -0.05) is 11.6 Å². The van der Waals surface area contributed by atoms with Crippen LogP contribution in [0.25, 0.3) is 5.82 Å². The molecule has 0 aliphatic rings. The van der Waals surface area contributed by atoms with Gasteiger partial charge in [0, 0.05) is 34.9 Å². The molecule has 4 rings (SSSR count). The first-order chi connectivity index (χ1) is 15.3. The number of imidazole rings is 1. The fraction of sp³-hybridized carbons (Fsp3) is 0.0952. The lowest BCUT2D eigenvalue weighted by molar-refractivity contribution is 0.403. The minimum atomic E-state index is -3.90. The molecule has 2 heterocycles. The molecule has 2 N–H and O–H groups in total. The van der Waals surface area contributed by atoms with Crippen LogP contribution in [-0.2, 0) is 10.0 Å². The number of methoxy groups -OCH3 is 1. The van der Waals surface area contributed by atoms with E-state index in [2.05, 4.69) is 25.0 Å². The molecule has 2 aromatic carbocycles. The molecule has 0 aliphatic carbocycles. The first-order valence-corrected chi connectivity index (χ1v) is 11.3. The second kappa shape index (κ2) is 8.85. The molecule has 0 fully saturated rings. The van der Waals surface area contributed by atoms with E-state index < -0.39 is 10.0 Å². The summed E-state index contributed by atoms with van der Waals surface area (Å²) in [6.45, 7) is 1.80. The fourth-order valence-corrected chi connectivity index (χ4v) is 4.47. The van der Waals surface area contributed by atoms with Crippen LogP contribution in [0.2, 0.25) is 5.02 Å². The van der Waals surface area contributed by atoms with Crippen molar-refractivity contribution >= 4 is 38.8 Å². The van der Waals surface area contributed by atoms with Crippen molar-refractivity contribution in [1.82, 2.24) is 19.5 Å². The van der Waals surface area contributed by atoms with Crippen molar-refractivity contribution in [2.45, 2.75) is 11.8 Å². The predicted molar refractivity (Wildman–Crippen MR) is 122 cm³/mol. The number of hydrogen-bond donors (Lipinski definition) is 2. The van der Waals surface area contributed by atoms with Gasteiger partial charge in [-0.3, -0.25) is 9.29 Å². The van der Waals surface area contributed by atoms with Gasteiger partial charge in [-0.2, -0.15) is 0 Å². The van der Waals surface area contributed by atoms with Crippen molar-refractivity contribution in [1.29, 1.82) is 0 Å². The third kappa shape index (κ3) is 4.82. The first-order valence-electron chi connectivity index (χ1n) is 9.41. The number of anilines is 3. The molecule has 0 saturated heterocycles. The van der Waals surface area contributed by atoms with Crippen LogP contribution in [-0.4, -0.2) is 35.0 Å². The topological polar surface area (TPSA) is 111 Å². The lowest BCUT2D eigenvalue weighted by atomic mass is 10.3. The Bertz CT molecular complexity index is 1340. The van der Waals surface area contributed by atoms with Crippen LogP contribution in [0, 0.1) is 6.92 Å². The molecule has 11 heteroatoms. The largest absolute Gasteiger partial charge is 0.495 e. The number of sulfonamides is 1. The molecule has 4 aromatic rings. The molecule has 0 spiro atoms. The summed E-state index contributed by atoms with van der Waals surface area (Å²) in [4.78, 5) is 12.8. The van der Waals surface area contributed by atoms with Gasteiger partial charge >= 0.3 is 0 Å². The minimum absolute atomic E-state index is 0.0433. The monoisotopic (exact) mass is 470 g/mol. The van der Waals surface area contributed by atoms with Gasteiger partial charge in [0.25, 0.3) is 10.0 Å². The molecule has 0 radical (unpaired) electrons. The Morgan fingerprint density at radius 2 is 1.78 bits per heavy atom. The summed E-state index contributed by atoms with van der Waals surface area (Å²) < 4.78 is 35.1. The third-order valence-corrected chi connectivity index (χ3v) is 6.06. The van der Waals surface area contributed by atoms with Crippen molar-refractivity contribution < 1.29 is 13.2 Å². The Labute approximate surface area is 190 Å². The van der Waals surface area contributed by atoms with E-state index in [-0.39, 0.29) is 10.6 Å². The van der Waals surface area contributed by atoms with Crippen molar-refractivity contribution in [3.05, 3.63) is 78.1 Å². The maximum absolute atomic E-state index is 12.8. The smallest absolute Gasteiger partial charge is 0.265 e. The summed E-state index contributed by atoms with van der Waals surface area (Å²) in [6, 6.07) is 13.0. The van der Waals surface area contributed by atoms with Crippen LogP contribution in [0.5, 0.6) is 5.75 Å². The van der Waals surface area contributed by atoms with E-state index in [1.165, 1.54) is 19.2 Å². The van der Waals surface area contributed by atoms with Gasteiger partial charge < -0.3 is 10.1 Å². The molecule has 0 unspecified atom stereocenters. The summed E-state index contributed by atoms with van der Waals surface area (Å²) in [7, 11) is -2.50. The molecule has 0 aliphatic heterocycles. The average Bonchev–Trinajstić information content (AvgIpc) is 3.30. The number of aryl methyl sites for hydroxylation is 1. The van der Waals surface area contributed by atoms with Crippen LogP contribution in [0.1, 0.15) is 5.82 Å². The highest BCUT2D eigenvalue weighted by Crippen LogP contribution is 2.29. The molecule has 32 heavy (non-hydrogen) atoms. The number of ether oxygens (including phenoxy) is 1. The number of nitrogens with zero attached hydrogens (tertiary/aromatic N) is 4. The highest BCUT2D eigenvalue weighted by molar-refractivity contribution is 7.92. The highest BCUT2D eigenvalue weighted by atomic mass is 35.5. The number of hydrogen-bond acceptors (Lipinski definition) is 7. The molecule has 0 bridgehead atoms. The van der Waals surface area contributed by atoms with Crippen LogP contribution in [0.15, 0.2) is 72.1 Å². The SMILES string of the molecule is COc1ccc(Cl)cc1S(=O)(=O)Nc1ccc(Nc2cc(-n3ccnc3)nc(C)n2)cc1. The number of rotatable bonds is 7. The average molecular weight is 471 g/mol. The van der Waals surface area contributed by atoms with Crippen LogP contribution in [0.3, 0.4) is 0 Å². The van der Waals surface area contributed by atoms with Crippen LogP contribution in [0.4, 0.5) is 17.2 Å². The Morgan fingerprint density at radius 1 is 1.03 bits per heavy atom. The molecular weight excluding hydrogens is 452 g/mol. The summed E-state index contributed by atoms with van der Waals surface area (Å²) in [5.41, 5.74) is 1.11. The number of nitrogens with one attached hydrogen (secondary N) is 2. The lowest BCUT2D eigenvalue weighted by Crippen LogP contribution is -2.14. The number of halogens is 1. The van der Waals surface area contributed by atoms with E-state index in [0.717, 1.165) is 5.69 Å². The van der Waals surface area contributed by atoms with Crippen molar-refractivity contribution in [3.8, 4) is 11.6 Å². The molecule has 0 amide bonds. The van der Waals surface area contributed by atoms with E-state index in [1.54, 1.807) is 66.6 Å². The summed E-state index contributed by atoms with van der Waals surface area (Å²) in [6.07, 6.45) is 5.12. The molecular formula is C21H19ClN6O3S. The zero-order valence-corrected chi connectivity index (χ0v) is 18.7. The second-order valence-corrected chi connectivity index (χ2v) is 8.82. The second-order valence-electron chi connectivity index (χ2n) is 6.73. The van der Waals surface area contributed by atoms with Gasteiger partial charge in [0.05, 0.1) is 7.11 Å². The van der Waals surface area contributed by atoms with Crippen molar-refractivity contribution in [2.75, 3.05) is 17.1 Å². The van der Waals surface area contributed by atoms with Gasteiger partial charge in [-0.15, -0.1) is 0 Å². The molecule has 0 atom stereocenters. The van der Waals surface area contributed by atoms with E-state index in [4.69, 9.17) is 16.3 Å². The zero-order valence-electron chi connectivity index (χ0n) is 17.2. The molecule has 9 nitrogen and oxygen atoms in total. The van der Waals surface area contributed by atoms with E-state index >= 15 is 0 Å². The molecule has 164 valence electrons. The number of benzene rings is 2. The van der Waals surface area contributed by atoms with Gasteiger partial charge in [-0.05, 0) is 49.4 Å². The lowest BCUT2D eigenvalue weighted by Gasteiger charge is -2.13. The quantitative estimate of drug-likeness (QED) is 0.416. The van der Waals surface area contributed by atoms with Crippen LogP contribution >= 0.6 is 11.6 Å². The fourth-order valence-electron chi connectivity index (χ4n) is 2.98. The minimum Gasteiger partial charge on any atom is -0.495 e. The Kier molecular flexibility index (Phi) is 5.97. The predicted octanol–water partition coefficient (Wildman–Crippen LogP) is 4.18. The zero-order chi connectivity index (χ0) is 22.7. The summed E-state index contributed by atoms with van der Waals surface area (Å²) in [5, 5.41) is 3.49. The van der Waals surface area contributed by atoms with Crippen molar-refractivity contribution in [2.24, 2.45) is 0 Å². The van der Waals surface area contributed by atoms with Crippen LogP contribution < -0.4 is 14.8 Å². The molecule has 2 aromatic heterocycles.